The molecule has 0 bridgehead atoms. The molecule has 1 fully saturated rings. The van der Waals surface area contributed by atoms with Gasteiger partial charge in [0.15, 0.2) is 5.78 Å². The maximum Gasteiger partial charge on any atom is 0.155 e. The summed E-state index contributed by atoms with van der Waals surface area (Å²) in [5.74, 6) is 0.652. The van der Waals surface area contributed by atoms with Crippen LogP contribution in [0, 0.1) is 11.8 Å². The van der Waals surface area contributed by atoms with Crippen LogP contribution in [0.2, 0.25) is 0 Å². The molecule has 2 aliphatic rings. The second-order valence-electron chi connectivity index (χ2n) is 4.10. The Bertz CT molecular complexity index is 325. The van der Waals surface area contributed by atoms with Crippen molar-refractivity contribution in [2.24, 2.45) is 11.8 Å². The molecule has 2 unspecified atom stereocenters. The third kappa shape index (κ3) is 1.45. The molecule has 1 saturated carbocycles. The highest BCUT2D eigenvalue weighted by Gasteiger charge is 2.38. The number of allylic oxidation sites excluding steroid dienone is 3. The van der Waals surface area contributed by atoms with Crippen molar-refractivity contribution in [1.29, 1.82) is 0 Å². The van der Waals surface area contributed by atoms with Crippen molar-refractivity contribution in [2.75, 3.05) is 0 Å². The van der Waals surface area contributed by atoms with E-state index in [1.165, 1.54) is 0 Å². The van der Waals surface area contributed by atoms with Crippen molar-refractivity contribution in [1.82, 2.24) is 0 Å². The Balaban J connectivity index is 2.20. The summed E-state index contributed by atoms with van der Waals surface area (Å²) in [6, 6.07) is 0. The van der Waals surface area contributed by atoms with Gasteiger partial charge in [-0.3, -0.25) is 9.59 Å². The lowest BCUT2D eigenvalue weighted by Crippen LogP contribution is -2.18. The highest BCUT2D eigenvalue weighted by Crippen LogP contribution is 2.39. The second-order valence-corrected chi connectivity index (χ2v) is 4.10. The number of rotatable bonds is 2. The smallest absolute Gasteiger partial charge is 0.155 e. The molecule has 2 nitrogen and oxygen atoms in total. The molecule has 0 N–H and O–H groups in total. The van der Waals surface area contributed by atoms with Crippen molar-refractivity contribution in [2.45, 2.75) is 25.7 Å². The molecule has 0 spiro atoms. The molecule has 0 aromatic rings. The molecular formula is C12H14O2. The van der Waals surface area contributed by atoms with E-state index in [-0.39, 0.29) is 17.6 Å². The lowest BCUT2D eigenvalue weighted by atomic mass is 9.89. The summed E-state index contributed by atoms with van der Waals surface area (Å²) < 4.78 is 0. The molecule has 2 atom stereocenters. The largest absolute Gasteiger partial charge is 0.299 e. The van der Waals surface area contributed by atoms with Crippen LogP contribution in [0.5, 0.6) is 0 Å². The van der Waals surface area contributed by atoms with Crippen LogP contribution in [0.4, 0.5) is 0 Å². The highest BCUT2D eigenvalue weighted by atomic mass is 16.1. The SMILES string of the molecule is C=CCC1CC2=CC(=O)CCC2C1=O. The molecular weight excluding hydrogens is 176 g/mol. The summed E-state index contributed by atoms with van der Waals surface area (Å²) in [6.07, 6.45) is 6.29. The number of hydrogen-bond donors (Lipinski definition) is 0. The van der Waals surface area contributed by atoms with E-state index >= 15 is 0 Å². The molecule has 0 heterocycles. The first kappa shape index (κ1) is 9.38. The lowest BCUT2D eigenvalue weighted by molar-refractivity contribution is -0.124. The van der Waals surface area contributed by atoms with E-state index in [2.05, 4.69) is 6.58 Å². The maximum atomic E-state index is 11.8. The summed E-state index contributed by atoms with van der Waals surface area (Å²) in [5.41, 5.74) is 1.07. The molecule has 0 aromatic carbocycles. The molecule has 2 heteroatoms. The Morgan fingerprint density at radius 1 is 1.50 bits per heavy atom. The monoisotopic (exact) mass is 190 g/mol. The van der Waals surface area contributed by atoms with Crippen LogP contribution in [-0.2, 0) is 9.59 Å². The highest BCUT2D eigenvalue weighted by molar-refractivity contribution is 5.98. The molecule has 2 rings (SSSR count). The Morgan fingerprint density at radius 2 is 2.29 bits per heavy atom. The molecule has 0 amide bonds. The number of hydrogen-bond acceptors (Lipinski definition) is 2. The standard InChI is InChI=1S/C12H14O2/c1-2-3-8-6-9-7-10(13)4-5-11(9)12(8)14/h2,7-8,11H,1,3-6H2. The van der Waals surface area contributed by atoms with Gasteiger partial charge in [-0.25, -0.2) is 0 Å². The fourth-order valence-electron chi connectivity index (χ4n) is 2.45. The van der Waals surface area contributed by atoms with Crippen LogP contribution in [0.15, 0.2) is 24.3 Å². The van der Waals surface area contributed by atoms with Crippen molar-refractivity contribution < 1.29 is 9.59 Å². The minimum absolute atomic E-state index is 0.0534. The Labute approximate surface area is 83.7 Å². The predicted octanol–water partition coefficient (Wildman–Crippen LogP) is 2.06. The first-order valence-electron chi connectivity index (χ1n) is 5.10. The van der Waals surface area contributed by atoms with Gasteiger partial charge in [0, 0.05) is 18.3 Å². The van der Waals surface area contributed by atoms with Gasteiger partial charge in [-0.05, 0) is 25.3 Å². The van der Waals surface area contributed by atoms with Crippen LogP contribution < -0.4 is 0 Å². The normalized spacial score (nSPS) is 31.3. The third-order valence-corrected chi connectivity index (χ3v) is 3.15. The van der Waals surface area contributed by atoms with Crippen LogP contribution >= 0.6 is 0 Å². The van der Waals surface area contributed by atoms with Crippen molar-refractivity contribution in [3.8, 4) is 0 Å². The van der Waals surface area contributed by atoms with E-state index in [0.29, 0.717) is 12.2 Å². The van der Waals surface area contributed by atoms with E-state index in [0.717, 1.165) is 24.8 Å². The van der Waals surface area contributed by atoms with E-state index < -0.39 is 0 Å². The second kappa shape index (κ2) is 3.52. The van der Waals surface area contributed by atoms with Crippen molar-refractivity contribution in [3.05, 3.63) is 24.3 Å². The Morgan fingerprint density at radius 3 is 3.00 bits per heavy atom. The average Bonchev–Trinajstić information content (AvgIpc) is 2.44. The third-order valence-electron chi connectivity index (χ3n) is 3.15. The zero-order valence-corrected chi connectivity index (χ0v) is 8.16. The van der Waals surface area contributed by atoms with E-state index in [4.69, 9.17) is 0 Å². The quantitative estimate of drug-likeness (QED) is 0.624. The Hall–Kier alpha value is -1.18. The van der Waals surface area contributed by atoms with Crippen LogP contribution in [0.1, 0.15) is 25.7 Å². The van der Waals surface area contributed by atoms with Gasteiger partial charge in [0.05, 0.1) is 0 Å². The summed E-state index contributed by atoms with van der Waals surface area (Å²) in [6.45, 7) is 3.65. The first-order chi connectivity index (χ1) is 6.72. The van der Waals surface area contributed by atoms with Crippen molar-refractivity contribution >= 4 is 11.6 Å². The molecule has 0 saturated heterocycles. The van der Waals surface area contributed by atoms with Crippen molar-refractivity contribution in [3.63, 3.8) is 0 Å². The molecule has 0 aliphatic heterocycles. The van der Waals surface area contributed by atoms with Crippen LogP contribution in [0.25, 0.3) is 0 Å². The van der Waals surface area contributed by atoms with Gasteiger partial charge in [0.25, 0.3) is 0 Å². The van der Waals surface area contributed by atoms with Crippen LogP contribution in [0.3, 0.4) is 0 Å². The fourth-order valence-corrected chi connectivity index (χ4v) is 2.45. The van der Waals surface area contributed by atoms with Gasteiger partial charge in [0.2, 0.25) is 0 Å². The van der Waals surface area contributed by atoms with E-state index in [1.807, 2.05) is 0 Å². The minimum Gasteiger partial charge on any atom is -0.299 e. The van der Waals surface area contributed by atoms with Gasteiger partial charge in [-0.1, -0.05) is 11.6 Å². The van der Waals surface area contributed by atoms with Gasteiger partial charge >= 0.3 is 0 Å². The lowest BCUT2D eigenvalue weighted by Gasteiger charge is -2.14. The summed E-state index contributed by atoms with van der Waals surface area (Å²) in [7, 11) is 0. The number of fused-ring (bicyclic) bond motifs is 1. The van der Waals surface area contributed by atoms with E-state index in [1.54, 1.807) is 12.2 Å². The summed E-state index contributed by atoms with van der Waals surface area (Å²) in [5, 5.41) is 0. The maximum absolute atomic E-state index is 11.8. The fraction of sp³-hybridized carbons (Fsp3) is 0.500. The number of carbonyl (C=O) groups is 2. The van der Waals surface area contributed by atoms with Gasteiger partial charge in [-0.2, -0.15) is 0 Å². The summed E-state index contributed by atoms with van der Waals surface area (Å²) in [4.78, 5) is 23.0. The molecule has 14 heavy (non-hydrogen) atoms. The minimum atomic E-state index is 0.0534. The predicted molar refractivity (Wildman–Crippen MR) is 53.7 cm³/mol. The molecule has 2 aliphatic carbocycles. The topological polar surface area (TPSA) is 34.1 Å². The molecule has 74 valence electrons. The zero-order valence-electron chi connectivity index (χ0n) is 8.16. The zero-order chi connectivity index (χ0) is 10.1. The molecule has 0 radical (unpaired) electrons. The number of Topliss-reactive ketones (excluding diaryl/α,β-unsaturated/α-hetero) is 1. The van der Waals surface area contributed by atoms with Gasteiger partial charge in [0.1, 0.15) is 5.78 Å². The summed E-state index contributed by atoms with van der Waals surface area (Å²) >= 11 is 0. The number of carbonyl (C=O) groups excluding carboxylic acids is 2. The average molecular weight is 190 g/mol. The van der Waals surface area contributed by atoms with Crippen LogP contribution in [-0.4, -0.2) is 11.6 Å². The first-order valence-corrected chi connectivity index (χ1v) is 5.10. The van der Waals surface area contributed by atoms with E-state index in [9.17, 15) is 9.59 Å². The van der Waals surface area contributed by atoms with Gasteiger partial charge in [-0.15, -0.1) is 6.58 Å². The number of ketones is 2. The van der Waals surface area contributed by atoms with Gasteiger partial charge < -0.3 is 0 Å². The molecule has 0 aromatic heterocycles. The Kier molecular flexibility index (Phi) is 2.36.